The van der Waals surface area contributed by atoms with E-state index in [-0.39, 0.29) is 0 Å². The third kappa shape index (κ3) is 401. The van der Waals surface area contributed by atoms with Gasteiger partial charge >= 0.3 is 0 Å². The highest BCUT2D eigenvalue weighted by Crippen LogP contribution is 1.83. The van der Waals surface area contributed by atoms with E-state index in [2.05, 4.69) is 36.5 Å². The molecule has 0 aliphatic heterocycles. The Morgan fingerprint density at radius 2 is 0.955 bits per heavy atom. The van der Waals surface area contributed by atoms with Gasteiger partial charge in [-0.3, -0.25) is 0 Å². The Kier molecular flexibility index (Phi) is 143. The number of hydrogen-bond donors (Lipinski definition) is 0. The molecule has 2 nitrogen and oxygen atoms in total. The first-order chi connectivity index (χ1) is 10.5. The number of ether oxygens (including phenoxy) is 2. The Labute approximate surface area is 152 Å². The van der Waals surface area contributed by atoms with Gasteiger partial charge in [0.05, 0.1) is 0 Å². The molecule has 0 rings (SSSR count). The summed E-state index contributed by atoms with van der Waals surface area (Å²) in [5, 5.41) is 0. The van der Waals surface area contributed by atoms with Crippen LogP contribution in [-0.2, 0) is 9.47 Å². The third-order valence-corrected chi connectivity index (χ3v) is 1.99. The van der Waals surface area contributed by atoms with E-state index in [0.29, 0.717) is 0 Å². The summed E-state index contributed by atoms with van der Waals surface area (Å²) in [6.45, 7) is 13.3. The van der Waals surface area contributed by atoms with Gasteiger partial charge in [-0.25, -0.2) is 0 Å². The molecule has 0 aliphatic carbocycles. The van der Waals surface area contributed by atoms with Crippen LogP contribution in [0.1, 0.15) is 54.4 Å². The molecule has 0 aromatic rings. The van der Waals surface area contributed by atoms with Gasteiger partial charge in [0, 0.05) is 27.9 Å². The monoisotopic (exact) mass is 358 g/mol. The summed E-state index contributed by atoms with van der Waals surface area (Å²) >= 11 is 3.61. The topological polar surface area (TPSA) is 18.5 Å². The van der Waals surface area contributed by atoms with Crippen LogP contribution in [-0.4, -0.2) is 52.5 Å². The van der Waals surface area contributed by atoms with Gasteiger partial charge < -0.3 is 9.47 Å². The molecule has 0 unspecified atom stereocenters. The van der Waals surface area contributed by atoms with Crippen LogP contribution in [0.4, 0.5) is 0 Å². The summed E-state index contributed by atoms with van der Waals surface area (Å²) in [6.07, 6.45) is 12.8. The first-order valence-electron chi connectivity index (χ1n) is 7.84. The molecule has 0 aromatic carbocycles. The molecule has 22 heavy (non-hydrogen) atoms. The Bertz CT molecular complexity index is 89.8. The standard InChI is InChI=1S/C4H10.C4H8.C3H8O.C3H8S.C2H6O.C2H6S/c4*1-3-4-2;2*1-3-2/h3-4H2,1-2H3;3-4H,1-2H3;2*3H2,1-2H3;2*1-2H3. The molecule has 0 saturated carbocycles. The largest absolute Gasteiger partial charge is 0.388 e. The van der Waals surface area contributed by atoms with Crippen molar-refractivity contribution in [3.8, 4) is 0 Å². The third-order valence-electron chi connectivity index (χ3n) is 1.41. The first-order valence-corrected chi connectivity index (χ1v) is 10.9. The van der Waals surface area contributed by atoms with Crippen molar-refractivity contribution in [2.45, 2.75) is 54.4 Å². The average molecular weight is 359 g/mol. The maximum atomic E-state index is 4.54. The number of hydrogen-bond acceptors (Lipinski definition) is 4. The number of allylic oxidation sites excluding steroid dienone is 2. The fourth-order valence-electron chi connectivity index (χ4n) is 0. The quantitative estimate of drug-likeness (QED) is 0.525. The van der Waals surface area contributed by atoms with Crippen molar-refractivity contribution in [2.75, 3.05) is 52.5 Å². The van der Waals surface area contributed by atoms with Gasteiger partial charge in [-0.05, 0) is 45.3 Å². The van der Waals surface area contributed by atoms with Gasteiger partial charge in [0.15, 0.2) is 0 Å². The predicted octanol–water partition coefficient (Wildman–Crippen LogP) is 6.65. The summed E-state index contributed by atoms with van der Waals surface area (Å²) < 4.78 is 8.79. The molecule has 0 amide bonds. The lowest BCUT2D eigenvalue weighted by Gasteiger charge is -1.76. The number of rotatable bonds is 3. The van der Waals surface area contributed by atoms with E-state index in [1.54, 1.807) is 33.1 Å². The molecular weight excluding hydrogens is 312 g/mol. The van der Waals surface area contributed by atoms with Crippen molar-refractivity contribution in [3.05, 3.63) is 12.2 Å². The Hall–Kier alpha value is 0.360. The van der Waals surface area contributed by atoms with Crippen molar-refractivity contribution in [1.82, 2.24) is 0 Å². The molecule has 0 heterocycles. The van der Waals surface area contributed by atoms with Gasteiger partial charge in [-0.2, -0.15) is 23.5 Å². The molecule has 0 aromatic heterocycles. The van der Waals surface area contributed by atoms with Crippen molar-refractivity contribution >= 4 is 23.5 Å². The van der Waals surface area contributed by atoms with Crippen molar-refractivity contribution < 1.29 is 9.47 Å². The molecule has 0 bridgehead atoms. The van der Waals surface area contributed by atoms with Crippen molar-refractivity contribution in [2.24, 2.45) is 0 Å². The first kappa shape index (κ1) is 38.1. The van der Waals surface area contributed by atoms with E-state index in [1.165, 1.54) is 18.6 Å². The highest BCUT2D eigenvalue weighted by atomic mass is 32.2. The van der Waals surface area contributed by atoms with E-state index >= 15 is 0 Å². The molecule has 0 radical (unpaired) electrons. The number of methoxy groups -OCH3 is 2. The summed E-state index contributed by atoms with van der Waals surface area (Å²) in [6, 6.07) is 0. The van der Waals surface area contributed by atoms with Gasteiger partial charge in [-0.15, -0.1) is 0 Å². The summed E-state index contributed by atoms with van der Waals surface area (Å²) in [5.74, 6) is 1.24. The van der Waals surface area contributed by atoms with E-state index in [1.807, 2.05) is 57.2 Å². The highest BCUT2D eigenvalue weighted by Gasteiger charge is 1.56. The van der Waals surface area contributed by atoms with Crippen molar-refractivity contribution in [3.63, 3.8) is 0 Å². The number of unbranched alkanes of at least 4 members (excludes halogenated alkanes) is 1. The van der Waals surface area contributed by atoms with Gasteiger partial charge in [0.1, 0.15) is 0 Å². The van der Waals surface area contributed by atoms with Crippen LogP contribution in [0.2, 0.25) is 0 Å². The van der Waals surface area contributed by atoms with Crippen molar-refractivity contribution in [1.29, 1.82) is 0 Å². The predicted molar refractivity (Wildman–Crippen MR) is 115 cm³/mol. The zero-order valence-corrected chi connectivity index (χ0v) is 19.2. The zero-order valence-electron chi connectivity index (χ0n) is 17.6. The molecule has 0 spiro atoms. The zero-order chi connectivity index (χ0) is 19.1. The van der Waals surface area contributed by atoms with Crippen LogP contribution in [0.25, 0.3) is 0 Å². The Balaban J connectivity index is -0.0000000351. The summed E-state index contributed by atoms with van der Waals surface area (Å²) in [7, 11) is 4.93. The lowest BCUT2D eigenvalue weighted by atomic mass is 10.4. The van der Waals surface area contributed by atoms with Crippen LogP contribution in [0, 0.1) is 0 Å². The molecule has 142 valence electrons. The SMILES string of the molecule is CC=CC.CCCC.CCOC.CCSC.COC.CSC. The lowest BCUT2D eigenvalue weighted by molar-refractivity contribution is 0.215. The van der Waals surface area contributed by atoms with E-state index in [0.717, 1.165) is 6.61 Å². The summed E-state index contributed by atoms with van der Waals surface area (Å²) in [4.78, 5) is 0. The van der Waals surface area contributed by atoms with E-state index < -0.39 is 0 Å². The second-order valence-electron chi connectivity index (χ2n) is 3.64. The van der Waals surface area contributed by atoms with Crippen LogP contribution in [0.3, 0.4) is 0 Å². The molecular formula is C18H46O2S2. The molecule has 0 atom stereocenters. The molecule has 0 aliphatic rings. The second kappa shape index (κ2) is 82.5. The van der Waals surface area contributed by atoms with Crippen LogP contribution >= 0.6 is 23.5 Å². The van der Waals surface area contributed by atoms with Crippen LogP contribution in [0.15, 0.2) is 12.2 Å². The minimum atomic E-state index is 0.819. The number of thioether (sulfide) groups is 2. The second-order valence-corrected chi connectivity index (χ2v) is 5.61. The van der Waals surface area contributed by atoms with Crippen LogP contribution in [0.5, 0.6) is 0 Å². The normalized spacial score (nSPS) is 7.45. The van der Waals surface area contributed by atoms with Gasteiger partial charge in [0.2, 0.25) is 0 Å². The minimum absolute atomic E-state index is 0.819. The van der Waals surface area contributed by atoms with Gasteiger partial charge in [-0.1, -0.05) is 45.8 Å². The fraction of sp³-hybridized carbons (Fsp3) is 0.889. The van der Waals surface area contributed by atoms with E-state index in [9.17, 15) is 0 Å². The minimum Gasteiger partial charge on any atom is -0.388 e. The Morgan fingerprint density at radius 1 is 0.773 bits per heavy atom. The summed E-state index contributed by atoms with van der Waals surface area (Å²) in [5.41, 5.74) is 0. The van der Waals surface area contributed by atoms with Crippen LogP contribution < -0.4 is 0 Å². The van der Waals surface area contributed by atoms with Gasteiger partial charge in [0.25, 0.3) is 0 Å². The molecule has 0 saturated heterocycles. The lowest BCUT2D eigenvalue weighted by Crippen LogP contribution is -1.73. The highest BCUT2D eigenvalue weighted by molar-refractivity contribution is 7.98. The smallest absolute Gasteiger partial charge is 0.0433 e. The maximum absolute atomic E-state index is 4.54. The molecule has 0 fully saturated rings. The molecule has 4 heteroatoms. The fourth-order valence-corrected chi connectivity index (χ4v) is 0. The Morgan fingerprint density at radius 3 is 0.955 bits per heavy atom. The average Bonchev–Trinajstić information content (AvgIpc) is 2.56. The molecule has 0 N–H and O–H groups in total. The van der Waals surface area contributed by atoms with E-state index in [4.69, 9.17) is 0 Å². The maximum Gasteiger partial charge on any atom is 0.0433 e.